The van der Waals surface area contributed by atoms with Crippen molar-refractivity contribution in [2.75, 3.05) is 6.54 Å². The fraction of sp³-hybridized carbons (Fsp3) is 0.267. The number of nitrogens with one attached hydrogen (secondary N) is 2. The maximum atomic E-state index is 11.8. The molecule has 0 aliphatic carbocycles. The summed E-state index contributed by atoms with van der Waals surface area (Å²) in [4.78, 5) is 29.1. The van der Waals surface area contributed by atoms with E-state index >= 15 is 0 Å². The predicted octanol–water partition coefficient (Wildman–Crippen LogP) is 1.28. The monoisotopic (exact) mass is 287 g/mol. The van der Waals surface area contributed by atoms with Gasteiger partial charge in [0, 0.05) is 6.07 Å². The van der Waals surface area contributed by atoms with Crippen LogP contribution in [0.15, 0.2) is 41.5 Å². The van der Waals surface area contributed by atoms with Crippen molar-refractivity contribution in [1.82, 2.24) is 15.3 Å². The molecule has 0 spiro atoms. The molecule has 2 rings (SSSR count). The van der Waals surface area contributed by atoms with E-state index in [1.54, 1.807) is 0 Å². The number of aryl methyl sites for hydroxylation is 1. The zero-order valence-electron chi connectivity index (χ0n) is 11.9. The molecule has 0 bridgehead atoms. The third-order valence-corrected chi connectivity index (χ3v) is 2.88. The van der Waals surface area contributed by atoms with E-state index < -0.39 is 5.91 Å². The first-order valence-electron chi connectivity index (χ1n) is 6.61. The Bertz CT molecular complexity index is 682. The third-order valence-electron chi connectivity index (χ3n) is 2.88. The van der Waals surface area contributed by atoms with Gasteiger partial charge in [0.1, 0.15) is 17.5 Å². The SMILES string of the molecule is Cc1ccccc1O[C@@H](C)CNC(=O)c1cc(=O)[nH]cn1. The zero-order chi connectivity index (χ0) is 15.2. The minimum absolute atomic E-state index is 0.0850. The average Bonchev–Trinajstić information content (AvgIpc) is 2.47. The van der Waals surface area contributed by atoms with Gasteiger partial charge in [0.25, 0.3) is 11.5 Å². The number of amides is 1. The minimum atomic E-state index is -0.402. The minimum Gasteiger partial charge on any atom is -0.489 e. The van der Waals surface area contributed by atoms with Crippen LogP contribution in [0, 0.1) is 6.92 Å². The quantitative estimate of drug-likeness (QED) is 0.867. The number of carbonyl (C=O) groups is 1. The molecule has 2 N–H and O–H groups in total. The van der Waals surface area contributed by atoms with Gasteiger partial charge in [-0.15, -0.1) is 0 Å². The summed E-state index contributed by atoms with van der Waals surface area (Å²) in [7, 11) is 0. The molecule has 1 heterocycles. The molecule has 1 atom stereocenters. The van der Waals surface area contributed by atoms with Crippen LogP contribution in [-0.4, -0.2) is 28.5 Å². The summed E-state index contributed by atoms with van der Waals surface area (Å²) >= 11 is 0. The second kappa shape index (κ2) is 6.69. The second-order valence-corrected chi connectivity index (χ2v) is 4.70. The second-order valence-electron chi connectivity index (χ2n) is 4.70. The molecule has 6 nitrogen and oxygen atoms in total. The topological polar surface area (TPSA) is 84.1 Å². The van der Waals surface area contributed by atoms with Gasteiger partial charge >= 0.3 is 0 Å². The number of para-hydroxylation sites is 1. The standard InChI is InChI=1S/C15H17N3O3/c1-10-5-3-4-6-13(10)21-11(2)8-16-15(20)12-7-14(19)18-9-17-12/h3-7,9,11H,8H2,1-2H3,(H,16,20)(H,17,18,19)/t11-/m0/s1. The largest absolute Gasteiger partial charge is 0.489 e. The lowest BCUT2D eigenvalue weighted by Gasteiger charge is -2.16. The number of carbonyl (C=O) groups excluding carboxylic acids is 1. The number of aromatic nitrogens is 2. The number of H-pyrrole nitrogens is 1. The Kier molecular flexibility index (Phi) is 4.71. The molecule has 0 saturated carbocycles. The van der Waals surface area contributed by atoms with Crippen LogP contribution in [0.2, 0.25) is 0 Å². The van der Waals surface area contributed by atoms with E-state index in [1.807, 2.05) is 38.1 Å². The van der Waals surface area contributed by atoms with Gasteiger partial charge in [-0.1, -0.05) is 18.2 Å². The van der Waals surface area contributed by atoms with Crippen LogP contribution in [0.1, 0.15) is 23.0 Å². The van der Waals surface area contributed by atoms with Gasteiger partial charge in [-0.05, 0) is 25.5 Å². The fourth-order valence-corrected chi connectivity index (χ4v) is 1.77. The van der Waals surface area contributed by atoms with E-state index in [2.05, 4.69) is 15.3 Å². The van der Waals surface area contributed by atoms with Crippen molar-refractivity contribution in [2.24, 2.45) is 0 Å². The maximum absolute atomic E-state index is 11.8. The molecule has 0 saturated heterocycles. The highest BCUT2D eigenvalue weighted by Gasteiger charge is 2.11. The van der Waals surface area contributed by atoms with Crippen molar-refractivity contribution in [3.63, 3.8) is 0 Å². The molecule has 0 aliphatic rings. The Balaban J connectivity index is 1.89. The first-order chi connectivity index (χ1) is 10.1. The highest BCUT2D eigenvalue weighted by Crippen LogP contribution is 2.17. The van der Waals surface area contributed by atoms with Crippen LogP contribution < -0.4 is 15.6 Å². The molecule has 0 fully saturated rings. The number of nitrogens with zero attached hydrogens (tertiary/aromatic N) is 1. The molecule has 0 unspecified atom stereocenters. The lowest BCUT2D eigenvalue weighted by atomic mass is 10.2. The summed E-state index contributed by atoms with van der Waals surface area (Å²) in [5.41, 5.74) is 0.758. The Morgan fingerprint density at radius 3 is 2.90 bits per heavy atom. The molecule has 21 heavy (non-hydrogen) atoms. The van der Waals surface area contributed by atoms with Crippen LogP contribution >= 0.6 is 0 Å². The van der Waals surface area contributed by atoms with Crippen LogP contribution in [0.25, 0.3) is 0 Å². The van der Waals surface area contributed by atoms with E-state index in [4.69, 9.17) is 4.74 Å². The zero-order valence-corrected chi connectivity index (χ0v) is 11.9. The summed E-state index contributed by atoms with van der Waals surface area (Å²) in [6.07, 6.45) is 1.00. The van der Waals surface area contributed by atoms with Gasteiger partial charge < -0.3 is 15.0 Å². The van der Waals surface area contributed by atoms with Gasteiger partial charge in [0.15, 0.2) is 0 Å². The Morgan fingerprint density at radius 2 is 2.19 bits per heavy atom. The number of hydrogen-bond acceptors (Lipinski definition) is 4. The van der Waals surface area contributed by atoms with Gasteiger partial charge in [-0.3, -0.25) is 9.59 Å². The van der Waals surface area contributed by atoms with E-state index in [-0.39, 0.29) is 17.4 Å². The molecular weight excluding hydrogens is 270 g/mol. The van der Waals surface area contributed by atoms with Crippen molar-refractivity contribution in [3.05, 3.63) is 58.3 Å². The molecule has 2 aromatic rings. The molecule has 1 aromatic carbocycles. The van der Waals surface area contributed by atoms with Crippen LogP contribution in [0.4, 0.5) is 0 Å². The normalized spacial score (nSPS) is 11.7. The Hall–Kier alpha value is -2.63. The molecule has 1 amide bonds. The number of benzene rings is 1. The van der Waals surface area contributed by atoms with Gasteiger partial charge in [-0.25, -0.2) is 4.98 Å². The molecule has 0 radical (unpaired) electrons. The Morgan fingerprint density at radius 1 is 1.43 bits per heavy atom. The third kappa shape index (κ3) is 4.17. The number of hydrogen-bond donors (Lipinski definition) is 2. The molecule has 110 valence electrons. The van der Waals surface area contributed by atoms with Gasteiger partial charge in [0.2, 0.25) is 0 Å². The van der Waals surface area contributed by atoms with Crippen LogP contribution in [0.5, 0.6) is 5.75 Å². The predicted molar refractivity (Wildman–Crippen MR) is 78.5 cm³/mol. The molecular formula is C15H17N3O3. The number of ether oxygens (including phenoxy) is 1. The molecule has 6 heteroatoms. The first-order valence-corrected chi connectivity index (χ1v) is 6.61. The highest BCUT2D eigenvalue weighted by molar-refractivity contribution is 5.92. The fourth-order valence-electron chi connectivity index (χ4n) is 1.77. The lowest BCUT2D eigenvalue weighted by Crippen LogP contribution is -2.34. The smallest absolute Gasteiger partial charge is 0.270 e. The summed E-state index contributed by atoms with van der Waals surface area (Å²) in [5, 5.41) is 2.69. The summed E-state index contributed by atoms with van der Waals surface area (Å²) < 4.78 is 5.75. The first kappa shape index (κ1) is 14.8. The van der Waals surface area contributed by atoms with Gasteiger partial charge in [-0.2, -0.15) is 0 Å². The summed E-state index contributed by atoms with van der Waals surface area (Å²) in [5.74, 6) is 0.384. The van der Waals surface area contributed by atoms with E-state index in [0.29, 0.717) is 6.54 Å². The van der Waals surface area contributed by atoms with Crippen molar-refractivity contribution < 1.29 is 9.53 Å². The lowest BCUT2D eigenvalue weighted by molar-refractivity contribution is 0.0926. The highest BCUT2D eigenvalue weighted by atomic mass is 16.5. The molecule has 0 aliphatic heterocycles. The van der Waals surface area contributed by atoms with Crippen molar-refractivity contribution in [3.8, 4) is 5.75 Å². The summed E-state index contributed by atoms with van der Waals surface area (Å²) in [6.45, 7) is 4.14. The van der Waals surface area contributed by atoms with Crippen molar-refractivity contribution in [2.45, 2.75) is 20.0 Å². The Labute approximate surface area is 122 Å². The van der Waals surface area contributed by atoms with Crippen LogP contribution in [0.3, 0.4) is 0 Å². The molecule has 1 aromatic heterocycles. The van der Waals surface area contributed by atoms with Crippen molar-refractivity contribution in [1.29, 1.82) is 0 Å². The maximum Gasteiger partial charge on any atom is 0.270 e. The van der Waals surface area contributed by atoms with Crippen LogP contribution in [-0.2, 0) is 0 Å². The average molecular weight is 287 g/mol. The van der Waals surface area contributed by atoms with E-state index in [1.165, 1.54) is 6.33 Å². The van der Waals surface area contributed by atoms with Gasteiger partial charge in [0.05, 0.1) is 12.9 Å². The number of rotatable bonds is 5. The summed E-state index contributed by atoms with van der Waals surface area (Å²) in [6, 6.07) is 8.83. The number of aromatic amines is 1. The van der Waals surface area contributed by atoms with E-state index in [9.17, 15) is 9.59 Å². The van der Waals surface area contributed by atoms with E-state index in [0.717, 1.165) is 17.4 Å². The van der Waals surface area contributed by atoms with Crippen molar-refractivity contribution >= 4 is 5.91 Å².